The number of rotatable bonds is 3. The number of benzene rings is 1. The Morgan fingerprint density at radius 2 is 2.40 bits per heavy atom. The number of nitrogens with zero attached hydrogens (tertiary/aromatic N) is 2. The van der Waals surface area contributed by atoms with Crippen molar-refractivity contribution in [2.45, 2.75) is 24.8 Å². The van der Waals surface area contributed by atoms with Crippen molar-refractivity contribution in [3.05, 3.63) is 24.0 Å². The fourth-order valence-electron chi connectivity index (χ4n) is 2.70. The molecule has 5 nitrogen and oxygen atoms in total. The molecule has 0 radical (unpaired) electrons. The van der Waals surface area contributed by atoms with Crippen molar-refractivity contribution in [2.75, 3.05) is 13.7 Å². The lowest BCUT2D eigenvalue weighted by molar-refractivity contribution is -0.125. The van der Waals surface area contributed by atoms with Gasteiger partial charge in [0.1, 0.15) is 17.6 Å². The van der Waals surface area contributed by atoms with E-state index in [1.807, 2.05) is 22.8 Å². The zero-order valence-electron chi connectivity index (χ0n) is 11.2. The molecule has 106 valence electrons. The fraction of sp³-hybridized carbons (Fsp3) is 0.429. The van der Waals surface area contributed by atoms with Gasteiger partial charge in [0.25, 0.3) is 0 Å². The number of aromatic nitrogens is 2. The van der Waals surface area contributed by atoms with Crippen molar-refractivity contribution in [1.82, 2.24) is 14.9 Å². The fourth-order valence-corrected chi connectivity index (χ4v) is 2.89. The van der Waals surface area contributed by atoms with Crippen LogP contribution in [0.15, 0.2) is 18.2 Å². The van der Waals surface area contributed by atoms with Gasteiger partial charge in [0, 0.05) is 12.6 Å². The Kier molecular flexibility index (Phi) is 3.53. The van der Waals surface area contributed by atoms with Crippen molar-refractivity contribution < 1.29 is 9.53 Å². The first-order valence-corrected chi connectivity index (χ1v) is 7.16. The third kappa shape index (κ3) is 2.12. The number of alkyl halides is 1. The zero-order valence-corrected chi connectivity index (χ0v) is 12.0. The Labute approximate surface area is 121 Å². The van der Waals surface area contributed by atoms with E-state index in [2.05, 4.69) is 10.3 Å². The molecule has 1 aromatic carbocycles. The smallest absolute Gasteiger partial charge is 0.243 e. The number of methoxy groups -OCH3 is 1. The van der Waals surface area contributed by atoms with E-state index in [0.717, 1.165) is 42.0 Å². The van der Waals surface area contributed by atoms with Gasteiger partial charge in [-0.05, 0) is 25.0 Å². The predicted molar refractivity (Wildman–Crippen MR) is 77.1 cm³/mol. The Morgan fingerprint density at radius 1 is 1.55 bits per heavy atom. The van der Waals surface area contributed by atoms with Gasteiger partial charge in [-0.2, -0.15) is 0 Å². The van der Waals surface area contributed by atoms with Crippen LogP contribution in [0, 0.1) is 0 Å². The molecule has 1 saturated heterocycles. The minimum Gasteiger partial charge on any atom is -0.497 e. The van der Waals surface area contributed by atoms with Gasteiger partial charge in [-0.3, -0.25) is 4.79 Å². The summed E-state index contributed by atoms with van der Waals surface area (Å²) in [5, 5.41) is 2.90. The number of piperidine rings is 1. The molecule has 1 unspecified atom stereocenters. The monoisotopic (exact) mass is 293 g/mol. The van der Waals surface area contributed by atoms with Gasteiger partial charge >= 0.3 is 0 Å². The van der Waals surface area contributed by atoms with Crippen LogP contribution in [0.3, 0.4) is 0 Å². The number of carbonyl (C=O) groups excluding carboxylic acids is 1. The Morgan fingerprint density at radius 3 is 3.10 bits per heavy atom. The molecule has 3 rings (SSSR count). The first-order valence-electron chi connectivity index (χ1n) is 6.63. The standard InChI is InChI=1S/C14H16ClN3O2/c1-20-9-4-5-11-10(7-9)17-13(8-15)18(11)12-3-2-6-16-14(12)19/h4-5,7,12H,2-3,6,8H2,1H3,(H,16,19). The van der Waals surface area contributed by atoms with Crippen LogP contribution in [-0.4, -0.2) is 29.1 Å². The average Bonchev–Trinajstić information content (AvgIpc) is 2.85. The van der Waals surface area contributed by atoms with Gasteiger partial charge in [-0.1, -0.05) is 0 Å². The quantitative estimate of drug-likeness (QED) is 0.883. The van der Waals surface area contributed by atoms with Crippen LogP contribution in [0.2, 0.25) is 0 Å². The Balaban J connectivity index is 2.14. The summed E-state index contributed by atoms with van der Waals surface area (Å²) in [6, 6.07) is 5.44. The highest BCUT2D eigenvalue weighted by Crippen LogP contribution is 2.29. The molecule has 1 fully saturated rings. The molecule has 0 spiro atoms. The molecule has 2 aromatic rings. The number of hydrogen-bond acceptors (Lipinski definition) is 3. The molecule has 20 heavy (non-hydrogen) atoms. The minimum atomic E-state index is -0.226. The topological polar surface area (TPSA) is 56.1 Å². The van der Waals surface area contributed by atoms with Gasteiger partial charge in [-0.15, -0.1) is 11.6 Å². The molecule has 1 N–H and O–H groups in total. The number of fused-ring (bicyclic) bond motifs is 1. The Bertz CT molecular complexity index is 653. The summed E-state index contributed by atoms with van der Waals surface area (Å²) in [5.74, 6) is 1.78. The summed E-state index contributed by atoms with van der Waals surface area (Å²) in [5.41, 5.74) is 1.72. The van der Waals surface area contributed by atoms with Crippen molar-refractivity contribution in [2.24, 2.45) is 0 Å². The lowest BCUT2D eigenvalue weighted by atomic mass is 10.1. The lowest BCUT2D eigenvalue weighted by Gasteiger charge is -2.25. The molecule has 1 atom stereocenters. The number of imidazole rings is 1. The van der Waals surface area contributed by atoms with E-state index in [1.165, 1.54) is 0 Å². The molecule has 1 aromatic heterocycles. The number of halogens is 1. The average molecular weight is 294 g/mol. The van der Waals surface area contributed by atoms with Crippen molar-refractivity contribution >= 4 is 28.5 Å². The minimum absolute atomic E-state index is 0.0396. The van der Waals surface area contributed by atoms with Crippen LogP contribution in [0.25, 0.3) is 11.0 Å². The van der Waals surface area contributed by atoms with Crippen LogP contribution in [0.1, 0.15) is 24.7 Å². The van der Waals surface area contributed by atoms with E-state index in [-0.39, 0.29) is 17.8 Å². The van der Waals surface area contributed by atoms with E-state index in [1.54, 1.807) is 7.11 Å². The molecular weight excluding hydrogens is 278 g/mol. The summed E-state index contributed by atoms with van der Waals surface area (Å²) in [7, 11) is 1.62. The Hall–Kier alpha value is -1.75. The van der Waals surface area contributed by atoms with Gasteiger partial charge in [0.2, 0.25) is 5.91 Å². The summed E-state index contributed by atoms with van der Waals surface area (Å²) in [6.07, 6.45) is 1.78. The molecule has 0 bridgehead atoms. The molecule has 6 heteroatoms. The number of ether oxygens (including phenoxy) is 1. The van der Waals surface area contributed by atoms with E-state index in [4.69, 9.17) is 16.3 Å². The second-order valence-electron chi connectivity index (χ2n) is 4.84. The van der Waals surface area contributed by atoms with Crippen LogP contribution in [0.4, 0.5) is 0 Å². The summed E-state index contributed by atoms with van der Waals surface area (Å²) in [4.78, 5) is 16.6. The lowest BCUT2D eigenvalue weighted by Crippen LogP contribution is -2.38. The van der Waals surface area contributed by atoms with E-state index < -0.39 is 0 Å². The predicted octanol–water partition coefficient (Wildman–Crippen LogP) is 2.23. The number of hydrogen-bond donors (Lipinski definition) is 1. The third-order valence-corrected chi connectivity index (χ3v) is 3.90. The molecule has 1 aliphatic heterocycles. The van der Waals surface area contributed by atoms with Gasteiger partial charge < -0.3 is 14.6 Å². The molecule has 0 saturated carbocycles. The van der Waals surface area contributed by atoms with Crippen LogP contribution in [0.5, 0.6) is 5.75 Å². The maximum atomic E-state index is 12.1. The SMILES string of the molecule is COc1ccc2c(c1)nc(CCl)n2C1CCCNC1=O. The highest BCUT2D eigenvalue weighted by Gasteiger charge is 2.27. The number of nitrogens with one attached hydrogen (secondary N) is 1. The maximum Gasteiger partial charge on any atom is 0.243 e. The molecule has 1 aliphatic rings. The maximum absolute atomic E-state index is 12.1. The zero-order chi connectivity index (χ0) is 14.1. The second kappa shape index (κ2) is 5.32. The van der Waals surface area contributed by atoms with Crippen LogP contribution in [-0.2, 0) is 10.7 Å². The summed E-state index contributed by atoms with van der Waals surface area (Å²) in [6.45, 7) is 0.742. The highest BCUT2D eigenvalue weighted by atomic mass is 35.5. The van der Waals surface area contributed by atoms with E-state index >= 15 is 0 Å². The van der Waals surface area contributed by atoms with Crippen molar-refractivity contribution in [3.8, 4) is 5.75 Å². The summed E-state index contributed by atoms with van der Waals surface area (Å²) >= 11 is 6.00. The first-order chi connectivity index (χ1) is 9.74. The molecule has 1 amide bonds. The van der Waals surface area contributed by atoms with E-state index in [0.29, 0.717) is 0 Å². The normalized spacial score (nSPS) is 19.1. The van der Waals surface area contributed by atoms with Gasteiger partial charge in [-0.25, -0.2) is 4.98 Å². The van der Waals surface area contributed by atoms with Crippen LogP contribution < -0.4 is 10.1 Å². The second-order valence-corrected chi connectivity index (χ2v) is 5.10. The van der Waals surface area contributed by atoms with Crippen molar-refractivity contribution in [1.29, 1.82) is 0 Å². The van der Waals surface area contributed by atoms with Gasteiger partial charge in [0.15, 0.2) is 0 Å². The summed E-state index contributed by atoms with van der Waals surface area (Å²) < 4.78 is 7.16. The van der Waals surface area contributed by atoms with Crippen LogP contribution >= 0.6 is 11.6 Å². The van der Waals surface area contributed by atoms with Gasteiger partial charge in [0.05, 0.1) is 24.0 Å². The first kappa shape index (κ1) is 13.2. The van der Waals surface area contributed by atoms with Crippen molar-refractivity contribution in [3.63, 3.8) is 0 Å². The largest absolute Gasteiger partial charge is 0.497 e. The molecular formula is C14H16ClN3O2. The highest BCUT2D eigenvalue weighted by molar-refractivity contribution is 6.17. The third-order valence-electron chi connectivity index (χ3n) is 3.66. The van der Waals surface area contributed by atoms with E-state index in [9.17, 15) is 4.79 Å². The number of carbonyl (C=O) groups is 1. The molecule has 2 heterocycles. The molecule has 0 aliphatic carbocycles. The number of amides is 1.